The highest BCUT2D eigenvalue weighted by molar-refractivity contribution is 5.61. The molecule has 3 aromatic heterocycles. The molecule has 33 heavy (non-hydrogen) atoms. The molecule has 0 spiro atoms. The molecule has 1 aromatic carbocycles. The molecule has 170 valence electrons. The SMILES string of the molecule is COc1ccc(F)cc1[C@H]1CCCN1c1ccc2ncc(-c3cc(C[C@H](C)O)ncn3)n2n1. The van der Waals surface area contributed by atoms with E-state index in [-0.39, 0.29) is 11.9 Å². The zero-order chi connectivity index (χ0) is 22.9. The zero-order valence-corrected chi connectivity index (χ0v) is 18.5. The number of hydrogen-bond acceptors (Lipinski definition) is 7. The van der Waals surface area contributed by atoms with Crippen LogP contribution < -0.4 is 9.64 Å². The predicted molar refractivity (Wildman–Crippen MR) is 122 cm³/mol. The Morgan fingerprint density at radius 3 is 2.88 bits per heavy atom. The van der Waals surface area contributed by atoms with Crippen molar-refractivity contribution in [2.75, 3.05) is 18.6 Å². The van der Waals surface area contributed by atoms with E-state index < -0.39 is 6.10 Å². The van der Waals surface area contributed by atoms with Crippen LogP contribution in [0.25, 0.3) is 17.0 Å². The minimum absolute atomic E-state index is 0.0377. The number of rotatable bonds is 6. The highest BCUT2D eigenvalue weighted by Crippen LogP contribution is 2.39. The van der Waals surface area contributed by atoms with Crippen molar-refractivity contribution < 1.29 is 14.2 Å². The summed E-state index contributed by atoms with van der Waals surface area (Å²) >= 11 is 0. The molecule has 0 unspecified atom stereocenters. The van der Waals surface area contributed by atoms with E-state index in [1.54, 1.807) is 36.9 Å². The number of anilines is 1. The Balaban J connectivity index is 1.53. The second-order valence-corrected chi connectivity index (χ2v) is 8.29. The lowest BCUT2D eigenvalue weighted by atomic mass is 10.0. The highest BCUT2D eigenvalue weighted by Gasteiger charge is 2.30. The van der Waals surface area contributed by atoms with Crippen LogP contribution in [0.2, 0.25) is 0 Å². The van der Waals surface area contributed by atoms with Crippen molar-refractivity contribution in [2.24, 2.45) is 0 Å². The zero-order valence-electron chi connectivity index (χ0n) is 18.5. The Morgan fingerprint density at radius 1 is 1.18 bits per heavy atom. The van der Waals surface area contributed by atoms with Gasteiger partial charge in [0, 0.05) is 24.2 Å². The van der Waals surface area contributed by atoms with Crippen molar-refractivity contribution in [3.05, 3.63) is 66.0 Å². The number of aromatic nitrogens is 5. The molecular formula is C24H25FN6O2. The molecule has 9 heteroatoms. The Hall–Kier alpha value is -3.59. The molecule has 2 atom stereocenters. The number of nitrogens with zero attached hydrogens (tertiary/aromatic N) is 6. The van der Waals surface area contributed by atoms with Crippen molar-refractivity contribution in [2.45, 2.75) is 38.3 Å². The van der Waals surface area contributed by atoms with E-state index in [0.717, 1.165) is 42.2 Å². The number of methoxy groups -OCH3 is 1. The quantitative estimate of drug-likeness (QED) is 0.482. The maximum Gasteiger partial charge on any atom is 0.154 e. The first-order chi connectivity index (χ1) is 16.0. The maximum atomic E-state index is 14.1. The van der Waals surface area contributed by atoms with Gasteiger partial charge in [0.25, 0.3) is 0 Å². The summed E-state index contributed by atoms with van der Waals surface area (Å²) in [7, 11) is 1.60. The van der Waals surface area contributed by atoms with Gasteiger partial charge in [-0.15, -0.1) is 5.10 Å². The molecule has 4 heterocycles. The van der Waals surface area contributed by atoms with Crippen molar-refractivity contribution in [3.63, 3.8) is 0 Å². The molecule has 0 aliphatic carbocycles. The fourth-order valence-electron chi connectivity index (χ4n) is 4.47. The van der Waals surface area contributed by atoms with Gasteiger partial charge >= 0.3 is 0 Å². The van der Waals surface area contributed by atoms with Gasteiger partial charge in [0.15, 0.2) is 5.65 Å². The molecule has 0 bridgehead atoms. The minimum atomic E-state index is -0.494. The summed E-state index contributed by atoms with van der Waals surface area (Å²) in [5.74, 6) is 1.16. The summed E-state index contributed by atoms with van der Waals surface area (Å²) < 4.78 is 21.3. The van der Waals surface area contributed by atoms with Gasteiger partial charge in [-0.3, -0.25) is 0 Å². The van der Waals surface area contributed by atoms with E-state index in [0.29, 0.717) is 23.5 Å². The number of aliphatic hydroxyl groups excluding tert-OH is 1. The van der Waals surface area contributed by atoms with Crippen LogP contribution in [-0.2, 0) is 6.42 Å². The summed E-state index contributed by atoms with van der Waals surface area (Å²) in [6.45, 7) is 2.53. The van der Waals surface area contributed by atoms with Gasteiger partial charge in [-0.1, -0.05) is 0 Å². The number of imidazole rings is 1. The lowest BCUT2D eigenvalue weighted by Crippen LogP contribution is -2.24. The van der Waals surface area contributed by atoms with Crippen LogP contribution >= 0.6 is 0 Å². The number of halogens is 1. The van der Waals surface area contributed by atoms with E-state index in [2.05, 4.69) is 19.9 Å². The van der Waals surface area contributed by atoms with Crippen molar-refractivity contribution in [3.8, 4) is 17.1 Å². The largest absolute Gasteiger partial charge is 0.496 e. The van der Waals surface area contributed by atoms with Crippen LogP contribution in [0.4, 0.5) is 10.2 Å². The molecule has 5 rings (SSSR count). The third kappa shape index (κ3) is 4.11. The molecule has 1 aliphatic heterocycles. The summed E-state index contributed by atoms with van der Waals surface area (Å²) in [6.07, 6.45) is 5.02. The summed E-state index contributed by atoms with van der Waals surface area (Å²) in [4.78, 5) is 15.3. The third-order valence-electron chi connectivity index (χ3n) is 5.94. The second-order valence-electron chi connectivity index (χ2n) is 8.29. The Kier molecular flexibility index (Phi) is 5.63. The topological polar surface area (TPSA) is 88.7 Å². The third-order valence-corrected chi connectivity index (χ3v) is 5.94. The summed E-state index contributed by atoms with van der Waals surface area (Å²) in [5, 5.41) is 14.6. The molecule has 1 N–H and O–H groups in total. The number of aliphatic hydroxyl groups is 1. The van der Waals surface area contributed by atoms with E-state index in [1.165, 1.54) is 12.4 Å². The maximum absolute atomic E-state index is 14.1. The molecule has 1 aliphatic rings. The van der Waals surface area contributed by atoms with E-state index in [4.69, 9.17) is 9.84 Å². The number of benzene rings is 1. The van der Waals surface area contributed by atoms with Crippen LogP contribution in [0.5, 0.6) is 5.75 Å². The van der Waals surface area contributed by atoms with Crippen LogP contribution in [0.15, 0.2) is 48.9 Å². The van der Waals surface area contributed by atoms with Crippen LogP contribution in [0.3, 0.4) is 0 Å². The van der Waals surface area contributed by atoms with Gasteiger partial charge in [0.2, 0.25) is 0 Å². The molecule has 1 saturated heterocycles. The van der Waals surface area contributed by atoms with E-state index in [1.807, 2.05) is 18.2 Å². The van der Waals surface area contributed by atoms with Crippen molar-refractivity contribution >= 4 is 11.5 Å². The van der Waals surface area contributed by atoms with Crippen LogP contribution in [-0.4, -0.2) is 49.4 Å². The fraction of sp³-hybridized carbons (Fsp3) is 0.333. The van der Waals surface area contributed by atoms with Crippen LogP contribution in [0, 0.1) is 5.82 Å². The van der Waals surface area contributed by atoms with E-state index >= 15 is 0 Å². The molecule has 0 radical (unpaired) electrons. The van der Waals surface area contributed by atoms with Gasteiger partial charge in [-0.2, -0.15) is 0 Å². The Labute approximate surface area is 190 Å². The molecule has 1 fully saturated rings. The highest BCUT2D eigenvalue weighted by atomic mass is 19.1. The lowest BCUT2D eigenvalue weighted by molar-refractivity contribution is 0.194. The van der Waals surface area contributed by atoms with Crippen LogP contribution in [0.1, 0.15) is 37.1 Å². The molecule has 8 nitrogen and oxygen atoms in total. The van der Waals surface area contributed by atoms with Gasteiger partial charge in [0.05, 0.1) is 31.1 Å². The molecule has 0 amide bonds. The van der Waals surface area contributed by atoms with Gasteiger partial charge in [-0.25, -0.2) is 23.9 Å². The average Bonchev–Trinajstić information content (AvgIpc) is 3.45. The monoisotopic (exact) mass is 448 g/mol. The minimum Gasteiger partial charge on any atom is -0.496 e. The summed E-state index contributed by atoms with van der Waals surface area (Å²) in [6, 6.07) is 10.3. The first-order valence-corrected chi connectivity index (χ1v) is 11.0. The van der Waals surface area contributed by atoms with Gasteiger partial charge in [0.1, 0.15) is 29.4 Å². The standard InChI is InChI=1S/C24H25FN6O2/c1-15(32)10-17-12-19(28-14-27-17)21-13-26-23-7-8-24(29-31(21)23)30-9-3-4-20(30)18-11-16(25)5-6-22(18)33-2/h5-8,11-15,20,32H,3-4,9-10H2,1-2H3/t15-,20+/m0/s1. The number of ether oxygens (including phenoxy) is 1. The smallest absolute Gasteiger partial charge is 0.154 e. The second kappa shape index (κ2) is 8.74. The lowest BCUT2D eigenvalue weighted by Gasteiger charge is -2.27. The fourth-order valence-corrected chi connectivity index (χ4v) is 4.47. The predicted octanol–water partition coefficient (Wildman–Crippen LogP) is 3.60. The Morgan fingerprint density at radius 2 is 2.06 bits per heavy atom. The molecule has 4 aromatic rings. The number of hydrogen-bond donors (Lipinski definition) is 1. The van der Waals surface area contributed by atoms with E-state index in [9.17, 15) is 9.50 Å². The molecule has 0 saturated carbocycles. The van der Waals surface area contributed by atoms with Crippen molar-refractivity contribution in [1.29, 1.82) is 0 Å². The average molecular weight is 449 g/mol. The number of fused-ring (bicyclic) bond motifs is 1. The first-order valence-electron chi connectivity index (χ1n) is 11.0. The Bertz CT molecular complexity index is 1290. The molecular weight excluding hydrogens is 423 g/mol. The van der Waals surface area contributed by atoms with Crippen molar-refractivity contribution in [1.82, 2.24) is 24.6 Å². The summed E-state index contributed by atoms with van der Waals surface area (Å²) in [5.41, 5.74) is 3.69. The normalized spacial score (nSPS) is 17.0. The van der Waals surface area contributed by atoms with Gasteiger partial charge < -0.3 is 14.7 Å². The van der Waals surface area contributed by atoms with Gasteiger partial charge in [-0.05, 0) is 56.2 Å². The first kappa shape index (κ1) is 21.3.